The van der Waals surface area contributed by atoms with Crippen molar-refractivity contribution in [1.29, 1.82) is 0 Å². The smallest absolute Gasteiger partial charge is 0.126 e. The standard InChI is InChI=1S/C16H25FN2.2ClH/c1-4-12(2)16(19-9-7-18-8-10-19)14-5-6-15(17)13(3)11-14;;/h5-6,11-12,16,18H,4,7-10H2,1-3H3;2*1H/t12?,16-;;/m1../s1. The Morgan fingerprint density at radius 2 is 1.86 bits per heavy atom. The number of hydrogen-bond acceptors (Lipinski definition) is 2. The summed E-state index contributed by atoms with van der Waals surface area (Å²) in [5.74, 6) is 0.481. The van der Waals surface area contributed by atoms with Gasteiger partial charge in [0.25, 0.3) is 0 Å². The zero-order valence-corrected chi connectivity index (χ0v) is 14.7. The minimum absolute atomic E-state index is 0. The van der Waals surface area contributed by atoms with Gasteiger partial charge in [-0.05, 0) is 30.0 Å². The van der Waals surface area contributed by atoms with Gasteiger partial charge in [0, 0.05) is 32.2 Å². The van der Waals surface area contributed by atoms with Gasteiger partial charge in [-0.25, -0.2) is 4.39 Å². The lowest BCUT2D eigenvalue weighted by Crippen LogP contribution is -2.46. The Bertz CT molecular complexity index is 423. The van der Waals surface area contributed by atoms with Crippen molar-refractivity contribution in [2.24, 2.45) is 5.92 Å². The minimum Gasteiger partial charge on any atom is -0.314 e. The van der Waals surface area contributed by atoms with E-state index in [4.69, 9.17) is 0 Å². The van der Waals surface area contributed by atoms with Gasteiger partial charge >= 0.3 is 0 Å². The fourth-order valence-electron chi connectivity index (χ4n) is 2.93. The van der Waals surface area contributed by atoms with E-state index >= 15 is 0 Å². The molecule has 0 aliphatic carbocycles. The van der Waals surface area contributed by atoms with Crippen molar-refractivity contribution in [1.82, 2.24) is 10.2 Å². The molecule has 0 spiro atoms. The topological polar surface area (TPSA) is 15.3 Å². The lowest BCUT2D eigenvalue weighted by atomic mass is 9.89. The third-order valence-electron chi connectivity index (χ3n) is 4.25. The molecule has 21 heavy (non-hydrogen) atoms. The third-order valence-corrected chi connectivity index (χ3v) is 4.25. The molecule has 1 aromatic rings. The predicted molar refractivity (Wildman–Crippen MR) is 92.3 cm³/mol. The summed E-state index contributed by atoms with van der Waals surface area (Å²) >= 11 is 0. The van der Waals surface area contributed by atoms with Gasteiger partial charge in [0.05, 0.1) is 0 Å². The molecule has 0 amide bonds. The van der Waals surface area contributed by atoms with Gasteiger partial charge in [-0.2, -0.15) is 0 Å². The molecule has 1 N–H and O–H groups in total. The molecule has 1 heterocycles. The fourth-order valence-corrected chi connectivity index (χ4v) is 2.93. The molecule has 122 valence electrons. The molecular weight excluding hydrogens is 310 g/mol. The van der Waals surface area contributed by atoms with E-state index in [2.05, 4.69) is 24.1 Å². The van der Waals surface area contributed by atoms with Gasteiger partial charge in [0.2, 0.25) is 0 Å². The molecule has 1 unspecified atom stereocenters. The molecule has 5 heteroatoms. The predicted octanol–water partition coefficient (Wildman–Crippen LogP) is 3.97. The van der Waals surface area contributed by atoms with Gasteiger partial charge < -0.3 is 5.32 Å². The van der Waals surface area contributed by atoms with E-state index < -0.39 is 0 Å². The molecule has 2 rings (SSSR count). The molecule has 2 atom stereocenters. The van der Waals surface area contributed by atoms with Crippen molar-refractivity contribution in [2.75, 3.05) is 26.2 Å². The van der Waals surface area contributed by atoms with Crippen molar-refractivity contribution >= 4 is 24.8 Å². The fraction of sp³-hybridized carbons (Fsp3) is 0.625. The van der Waals surface area contributed by atoms with E-state index in [9.17, 15) is 4.39 Å². The quantitative estimate of drug-likeness (QED) is 0.894. The summed E-state index contributed by atoms with van der Waals surface area (Å²) in [6.07, 6.45) is 1.14. The van der Waals surface area contributed by atoms with E-state index in [-0.39, 0.29) is 30.6 Å². The number of nitrogens with one attached hydrogen (secondary N) is 1. The molecule has 2 nitrogen and oxygen atoms in total. The van der Waals surface area contributed by atoms with Gasteiger partial charge in [-0.3, -0.25) is 4.90 Å². The summed E-state index contributed by atoms with van der Waals surface area (Å²) in [5, 5.41) is 3.40. The van der Waals surface area contributed by atoms with Gasteiger partial charge in [0.15, 0.2) is 0 Å². The van der Waals surface area contributed by atoms with Crippen LogP contribution in [0.25, 0.3) is 0 Å². The minimum atomic E-state index is -0.105. The summed E-state index contributed by atoms with van der Waals surface area (Å²) < 4.78 is 13.5. The van der Waals surface area contributed by atoms with Crippen molar-refractivity contribution in [3.8, 4) is 0 Å². The molecule has 0 radical (unpaired) electrons. The number of hydrogen-bond donors (Lipinski definition) is 1. The van der Waals surface area contributed by atoms with Crippen LogP contribution in [0, 0.1) is 18.7 Å². The highest BCUT2D eigenvalue weighted by Gasteiger charge is 2.26. The van der Waals surface area contributed by atoms with Crippen LogP contribution in [0.1, 0.15) is 37.4 Å². The number of piperazine rings is 1. The van der Waals surface area contributed by atoms with Crippen LogP contribution in [0.4, 0.5) is 4.39 Å². The molecule has 1 fully saturated rings. The first kappa shape index (κ1) is 20.6. The van der Waals surface area contributed by atoms with E-state index in [1.165, 1.54) is 5.56 Å². The number of nitrogens with zero attached hydrogens (tertiary/aromatic N) is 1. The van der Waals surface area contributed by atoms with Crippen molar-refractivity contribution in [3.05, 3.63) is 35.1 Å². The highest BCUT2D eigenvalue weighted by molar-refractivity contribution is 5.85. The highest BCUT2D eigenvalue weighted by atomic mass is 35.5. The Hall–Kier alpha value is -0.350. The second-order valence-electron chi connectivity index (χ2n) is 5.62. The second-order valence-corrected chi connectivity index (χ2v) is 5.62. The molecule has 0 aromatic heterocycles. The lowest BCUT2D eigenvalue weighted by Gasteiger charge is -2.38. The third kappa shape index (κ3) is 5.10. The average molecular weight is 337 g/mol. The Morgan fingerprint density at radius 1 is 1.24 bits per heavy atom. The normalized spacial score (nSPS) is 18.3. The lowest BCUT2D eigenvalue weighted by molar-refractivity contribution is 0.128. The Morgan fingerprint density at radius 3 is 2.38 bits per heavy atom. The maximum atomic E-state index is 13.5. The number of benzene rings is 1. The Labute approximate surface area is 140 Å². The molecule has 0 bridgehead atoms. The first-order chi connectivity index (χ1) is 9.13. The van der Waals surface area contributed by atoms with Crippen molar-refractivity contribution in [3.63, 3.8) is 0 Å². The SMILES string of the molecule is CCC(C)[C@H](c1ccc(F)c(C)c1)N1CCNCC1.Cl.Cl. The van der Waals surface area contributed by atoms with Gasteiger partial charge in [-0.1, -0.05) is 32.4 Å². The summed E-state index contributed by atoms with van der Waals surface area (Å²) in [5.41, 5.74) is 2.01. The zero-order chi connectivity index (χ0) is 13.8. The van der Waals surface area contributed by atoms with Gasteiger partial charge in [0.1, 0.15) is 5.82 Å². The Kier molecular flexibility index (Phi) is 9.46. The van der Waals surface area contributed by atoms with E-state index in [0.717, 1.165) is 38.2 Å². The molecule has 1 aliphatic rings. The molecular formula is C16H27Cl2FN2. The maximum Gasteiger partial charge on any atom is 0.126 e. The summed E-state index contributed by atoms with van der Waals surface area (Å²) in [6, 6.07) is 6.00. The van der Waals surface area contributed by atoms with Crippen LogP contribution in [0.3, 0.4) is 0 Å². The molecule has 1 aliphatic heterocycles. The number of rotatable bonds is 4. The van der Waals surface area contributed by atoms with E-state index in [0.29, 0.717) is 12.0 Å². The largest absolute Gasteiger partial charge is 0.314 e. The first-order valence-electron chi connectivity index (χ1n) is 7.34. The van der Waals surface area contributed by atoms with E-state index in [1.807, 2.05) is 19.1 Å². The molecule has 1 saturated heterocycles. The Balaban J connectivity index is 0.00000200. The van der Waals surface area contributed by atoms with Crippen molar-refractivity contribution in [2.45, 2.75) is 33.2 Å². The molecule has 1 aromatic carbocycles. The summed E-state index contributed by atoms with van der Waals surface area (Å²) in [4.78, 5) is 2.54. The zero-order valence-electron chi connectivity index (χ0n) is 13.1. The van der Waals surface area contributed by atoms with Crippen LogP contribution in [-0.4, -0.2) is 31.1 Å². The van der Waals surface area contributed by atoms with Crippen LogP contribution >= 0.6 is 24.8 Å². The average Bonchev–Trinajstić information content (AvgIpc) is 2.44. The first-order valence-corrected chi connectivity index (χ1v) is 7.34. The van der Waals surface area contributed by atoms with Crippen LogP contribution in [0.15, 0.2) is 18.2 Å². The van der Waals surface area contributed by atoms with Crippen molar-refractivity contribution < 1.29 is 4.39 Å². The number of halogens is 3. The van der Waals surface area contributed by atoms with Crippen LogP contribution < -0.4 is 5.32 Å². The summed E-state index contributed by atoms with van der Waals surface area (Å²) in [6.45, 7) is 10.6. The van der Waals surface area contributed by atoms with Crippen LogP contribution in [0.2, 0.25) is 0 Å². The van der Waals surface area contributed by atoms with Crippen LogP contribution in [-0.2, 0) is 0 Å². The van der Waals surface area contributed by atoms with Crippen LogP contribution in [0.5, 0.6) is 0 Å². The van der Waals surface area contributed by atoms with E-state index in [1.54, 1.807) is 6.07 Å². The van der Waals surface area contributed by atoms with Gasteiger partial charge in [-0.15, -0.1) is 24.8 Å². The highest BCUT2D eigenvalue weighted by Crippen LogP contribution is 2.31. The second kappa shape index (κ2) is 9.62. The monoisotopic (exact) mass is 336 g/mol. The molecule has 0 saturated carbocycles. The number of aryl methyl sites for hydroxylation is 1. The summed E-state index contributed by atoms with van der Waals surface area (Å²) in [7, 11) is 0. The maximum absolute atomic E-state index is 13.5.